The lowest BCUT2D eigenvalue weighted by atomic mass is 10.0. The second-order valence-corrected chi connectivity index (χ2v) is 4.37. The summed E-state index contributed by atoms with van der Waals surface area (Å²) in [6.45, 7) is 1.95. The van der Waals surface area contributed by atoms with E-state index in [0.29, 0.717) is 5.56 Å². The first-order valence-electron chi connectivity index (χ1n) is 5.75. The van der Waals surface area contributed by atoms with Crippen LogP contribution in [0.25, 0.3) is 0 Å². The molecule has 18 heavy (non-hydrogen) atoms. The molecule has 0 heterocycles. The maximum Gasteiger partial charge on any atom is 0.129 e. The Morgan fingerprint density at radius 1 is 1.06 bits per heavy atom. The van der Waals surface area contributed by atoms with Crippen molar-refractivity contribution in [1.82, 2.24) is 0 Å². The van der Waals surface area contributed by atoms with E-state index in [4.69, 9.17) is 0 Å². The average molecular weight is 248 g/mol. The summed E-state index contributed by atoms with van der Waals surface area (Å²) in [6, 6.07) is 10.8. The van der Waals surface area contributed by atoms with Crippen LogP contribution < -0.4 is 0 Å². The minimum atomic E-state index is -0.787. The average Bonchev–Trinajstić information content (AvgIpc) is 2.33. The van der Waals surface area contributed by atoms with Gasteiger partial charge in [-0.05, 0) is 24.1 Å². The number of halogens is 2. The third-order valence-electron chi connectivity index (χ3n) is 2.89. The molecule has 0 saturated carbocycles. The van der Waals surface area contributed by atoms with Crippen molar-refractivity contribution in [2.75, 3.05) is 0 Å². The second-order valence-electron chi connectivity index (χ2n) is 4.37. The zero-order valence-corrected chi connectivity index (χ0v) is 10.0. The lowest BCUT2D eigenvalue weighted by Crippen LogP contribution is -2.03. The predicted molar refractivity (Wildman–Crippen MR) is 66.2 cm³/mol. The van der Waals surface area contributed by atoms with E-state index < -0.39 is 17.7 Å². The van der Waals surface area contributed by atoms with Crippen molar-refractivity contribution in [3.05, 3.63) is 70.8 Å². The third kappa shape index (κ3) is 2.93. The SMILES string of the molecule is Cc1ccc(C(O)Cc2ccc(F)cc2F)cc1. The maximum atomic E-state index is 13.4. The summed E-state index contributed by atoms with van der Waals surface area (Å²) in [5, 5.41) is 10.00. The fraction of sp³-hybridized carbons (Fsp3) is 0.200. The maximum absolute atomic E-state index is 13.4. The molecule has 1 unspecified atom stereocenters. The summed E-state index contributed by atoms with van der Waals surface area (Å²) >= 11 is 0. The molecule has 1 N–H and O–H groups in total. The van der Waals surface area contributed by atoms with E-state index in [9.17, 15) is 13.9 Å². The van der Waals surface area contributed by atoms with E-state index >= 15 is 0 Å². The van der Waals surface area contributed by atoms with E-state index in [1.807, 2.05) is 19.1 Å². The Hall–Kier alpha value is -1.74. The van der Waals surface area contributed by atoms with Crippen LogP contribution in [-0.2, 0) is 6.42 Å². The first kappa shape index (κ1) is 12.7. The van der Waals surface area contributed by atoms with Gasteiger partial charge in [0.05, 0.1) is 6.10 Å². The summed E-state index contributed by atoms with van der Waals surface area (Å²) < 4.78 is 26.2. The van der Waals surface area contributed by atoms with Crippen LogP contribution in [0.4, 0.5) is 8.78 Å². The molecule has 0 amide bonds. The van der Waals surface area contributed by atoms with Crippen molar-refractivity contribution < 1.29 is 13.9 Å². The van der Waals surface area contributed by atoms with Crippen LogP contribution in [0.5, 0.6) is 0 Å². The first-order valence-corrected chi connectivity index (χ1v) is 5.75. The smallest absolute Gasteiger partial charge is 0.129 e. The van der Waals surface area contributed by atoms with Gasteiger partial charge in [0.25, 0.3) is 0 Å². The molecule has 94 valence electrons. The quantitative estimate of drug-likeness (QED) is 0.880. The highest BCUT2D eigenvalue weighted by Crippen LogP contribution is 2.20. The van der Waals surface area contributed by atoms with E-state index in [1.165, 1.54) is 12.1 Å². The molecule has 1 nitrogen and oxygen atoms in total. The summed E-state index contributed by atoms with van der Waals surface area (Å²) in [7, 11) is 0. The van der Waals surface area contributed by atoms with Crippen LogP contribution in [0.2, 0.25) is 0 Å². The molecular weight excluding hydrogens is 234 g/mol. The highest BCUT2D eigenvalue weighted by molar-refractivity contribution is 5.26. The van der Waals surface area contributed by atoms with Crippen LogP contribution in [0.15, 0.2) is 42.5 Å². The summed E-state index contributed by atoms with van der Waals surface area (Å²) in [4.78, 5) is 0. The molecule has 0 aliphatic carbocycles. The fourth-order valence-corrected chi connectivity index (χ4v) is 1.80. The van der Waals surface area contributed by atoms with Gasteiger partial charge in [-0.25, -0.2) is 8.78 Å². The van der Waals surface area contributed by atoms with Gasteiger partial charge in [0.2, 0.25) is 0 Å². The van der Waals surface area contributed by atoms with Crippen LogP contribution in [0.3, 0.4) is 0 Å². The van der Waals surface area contributed by atoms with Crippen molar-refractivity contribution in [2.45, 2.75) is 19.4 Å². The van der Waals surface area contributed by atoms with Gasteiger partial charge < -0.3 is 5.11 Å². The molecule has 2 rings (SSSR count). The minimum Gasteiger partial charge on any atom is -0.388 e. The molecule has 0 fully saturated rings. The van der Waals surface area contributed by atoms with Crippen LogP contribution >= 0.6 is 0 Å². The number of hydrogen-bond acceptors (Lipinski definition) is 1. The Morgan fingerprint density at radius 2 is 1.72 bits per heavy atom. The number of aliphatic hydroxyl groups excluding tert-OH is 1. The van der Waals surface area contributed by atoms with Crippen LogP contribution in [0, 0.1) is 18.6 Å². The van der Waals surface area contributed by atoms with Gasteiger partial charge >= 0.3 is 0 Å². The van der Waals surface area contributed by atoms with Gasteiger partial charge in [-0.3, -0.25) is 0 Å². The molecular formula is C15H14F2O. The molecule has 0 aliphatic rings. The van der Waals surface area contributed by atoms with Gasteiger partial charge in [-0.1, -0.05) is 35.9 Å². The Kier molecular flexibility index (Phi) is 3.72. The lowest BCUT2D eigenvalue weighted by Gasteiger charge is -2.12. The van der Waals surface area contributed by atoms with Gasteiger partial charge in [-0.2, -0.15) is 0 Å². The summed E-state index contributed by atoms with van der Waals surface area (Å²) in [5.74, 6) is -1.23. The van der Waals surface area contributed by atoms with Crippen LogP contribution in [0.1, 0.15) is 22.8 Å². The van der Waals surface area contributed by atoms with Crippen molar-refractivity contribution in [1.29, 1.82) is 0 Å². The molecule has 0 radical (unpaired) electrons. The van der Waals surface area contributed by atoms with Crippen LogP contribution in [-0.4, -0.2) is 5.11 Å². The monoisotopic (exact) mass is 248 g/mol. The molecule has 2 aromatic rings. The van der Waals surface area contributed by atoms with Gasteiger partial charge in [-0.15, -0.1) is 0 Å². The molecule has 2 aromatic carbocycles. The highest BCUT2D eigenvalue weighted by Gasteiger charge is 2.12. The van der Waals surface area contributed by atoms with E-state index in [-0.39, 0.29) is 6.42 Å². The van der Waals surface area contributed by atoms with E-state index in [0.717, 1.165) is 17.2 Å². The largest absolute Gasteiger partial charge is 0.388 e. The van der Waals surface area contributed by atoms with Crippen molar-refractivity contribution in [3.8, 4) is 0 Å². The predicted octanol–water partition coefficient (Wildman–Crippen LogP) is 3.55. The summed E-state index contributed by atoms with van der Waals surface area (Å²) in [5.41, 5.74) is 2.13. The van der Waals surface area contributed by atoms with E-state index in [1.54, 1.807) is 12.1 Å². The minimum absolute atomic E-state index is 0.134. The first-order chi connectivity index (χ1) is 8.56. The Labute approximate surface area is 105 Å². The highest BCUT2D eigenvalue weighted by atomic mass is 19.1. The molecule has 0 spiro atoms. The standard InChI is InChI=1S/C15H14F2O/c1-10-2-4-11(5-3-10)15(18)8-12-6-7-13(16)9-14(12)17/h2-7,9,15,18H,8H2,1H3. The fourth-order valence-electron chi connectivity index (χ4n) is 1.80. The number of aliphatic hydroxyl groups is 1. The van der Waals surface area contributed by atoms with E-state index in [2.05, 4.69) is 0 Å². The molecule has 0 aromatic heterocycles. The lowest BCUT2D eigenvalue weighted by molar-refractivity contribution is 0.177. The Bertz CT molecular complexity index is 535. The molecule has 1 atom stereocenters. The van der Waals surface area contributed by atoms with Crippen molar-refractivity contribution in [3.63, 3.8) is 0 Å². The van der Waals surface area contributed by atoms with Gasteiger partial charge in [0.1, 0.15) is 11.6 Å². The number of hydrogen-bond donors (Lipinski definition) is 1. The van der Waals surface area contributed by atoms with Gasteiger partial charge in [0.15, 0.2) is 0 Å². The number of aryl methyl sites for hydroxylation is 1. The Balaban J connectivity index is 2.15. The zero-order valence-electron chi connectivity index (χ0n) is 10.0. The second kappa shape index (κ2) is 5.27. The number of rotatable bonds is 3. The number of benzene rings is 2. The molecule has 3 heteroatoms. The summed E-state index contributed by atoms with van der Waals surface area (Å²) in [6.07, 6.45) is -0.652. The topological polar surface area (TPSA) is 20.2 Å². The normalized spacial score (nSPS) is 12.4. The van der Waals surface area contributed by atoms with Crippen molar-refractivity contribution in [2.24, 2.45) is 0 Å². The zero-order chi connectivity index (χ0) is 13.1. The third-order valence-corrected chi connectivity index (χ3v) is 2.89. The molecule has 0 bridgehead atoms. The molecule has 0 aliphatic heterocycles. The van der Waals surface area contributed by atoms with Gasteiger partial charge in [0, 0.05) is 12.5 Å². The van der Waals surface area contributed by atoms with Crippen molar-refractivity contribution >= 4 is 0 Å². The molecule has 0 saturated heterocycles. The Morgan fingerprint density at radius 3 is 2.33 bits per heavy atom.